The first-order valence-corrected chi connectivity index (χ1v) is 15.1. The van der Waals surface area contributed by atoms with Crippen LogP contribution in [0.1, 0.15) is 28.8 Å². The SMILES string of the molecule is O=C(Cc1cn(C(c2ccccc2)(c2ccccc2)c2ccccc2)cn1)NC1CCN(c2cccc3ccc(O)cc23)C1=O. The molecular weight excluding hydrogens is 560 g/mol. The zero-order valence-corrected chi connectivity index (χ0v) is 24.6. The Labute approximate surface area is 261 Å². The van der Waals surface area contributed by atoms with Crippen molar-refractivity contribution in [1.29, 1.82) is 0 Å². The highest BCUT2D eigenvalue weighted by molar-refractivity contribution is 6.08. The summed E-state index contributed by atoms with van der Waals surface area (Å²) in [7, 11) is 0. The molecule has 2 N–H and O–H groups in total. The van der Waals surface area contributed by atoms with Crippen molar-refractivity contribution in [3.05, 3.63) is 162 Å². The molecule has 1 fully saturated rings. The fourth-order valence-electron chi connectivity index (χ4n) is 6.57. The number of anilines is 1. The lowest BCUT2D eigenvalue weighted by Gasteiger charge is -2.37. The summed E-state index contributed by atoms with van der Waals surface area (Å²) in [6, 6.07) is 41.1. The summed E-state index contributed by atoms with van der Waals surface area (Å²) < 4.78 is 2.08. The minimum Gasteiger partial charge on any atom is -0.508 e. The molecule has 0 spiro atoms. The van der Waals surface area contributed by atoms with Gasteiger partial charge >= 0.3 is 0 Å². The molecule has 6 aromatic rings. The maximum atomic E-state index is 13.5. The van der Waals surface area contributed by atoms with Gasteiger partial charge in [-0.2, -0.15) is 0 Å². The first-order valence-electron chi connectivity index (χ1n) is 15.1. The first-order chi connectivity index (χ1) is 22.0. The lowest BCUT2D eigenvalue weighted by atomic mass is 9.77. The molecule has 0 radical (unpaired) electrons. The predicted octanol–water partition coefficient (Wildman–Crippen LogP) is 6.05. The fourth-order valence-corrected chi connectivity index (χ4v) is 6.57. The van der Waals surface area contributed by atoms with Crippen LogP contribution < -0.4 is 10.2 Å². The van der Waals surface area contributed by atoms with Crippen molar-refractivity contribution in [3.63, 3.8) is 0 Å². The van der Waals surface area contributed by atoms with E-state index < -0.39 is 11.6 Å². The number of benzene rings is 5. The van der Waals surface area contributed by atoms with Crippen molar-refractivity contribution < 1.29 is 14.7 Å². The van der Waals surface area contributed by atoms with Crippen molar-refractivity contribution in [1.82, 2.24) is 14.9 Å². The summed E-state index contributed by atoms with van der Waals surface area (Å²) in [5.41, 5.74) is 3.80. The Morgan fingerprint density at radius 1 is 0.822 bits per heavy atom. The van der Waals surface area contributed by atoms with Gasteiger partial charge in [0.1, 0.15) is 17.3 Å². The van der Waals surface area contributed by atoms with E-state index in [1.807, 2.05) is 85.1 Å². The number of hydrogen-bond acceptors (Lipinski definition) is 4. The highest BCUT2D eigenvalue weighted by Crippen LogP contribution is 2.41. The number of nitrogens with one attached hydrogen (secondary N) is 1. The van der Waals surface area contributed by atoms with Gasteiger partial charge in [-0.15, -0.1) is 0 Å². The molecule has 45 heavy (non-hydrogen) atoms. The van der Waals surface area contributed by atoms with E-state index in [1.165, 1.54) is 0 Å². The molecule has 1 aliphatic heterocycles. The third kappa shape index (κ3) is 5.12. The average molecular weight is 593 g/mol. The van der Waals surface area contributed by atoms with Crippen LogP contribution in [0.15, 0.2) is 140 Å². The Kier molecular flexibility index (Phi) is 7.35. The molecule has 222 valence electrons. The molecule has 0 aliphatic carbocycles. The van der Waals surface area contributed by atoms with Crippen LogP contribution in [0.4, 0.5) is 5.69 Å². The van der Waals surface area contributed by atoms with Gasteiger partial charge in [0, 0.05) is 18.1 Å². The topological polar surface area (TPSA) is 87.5 Å². The third-order valence-electron chi connectivity index (χ3n) is 8.61. The van der Waals surface area contributed by atoms with Crippen LogP contribution in [0.25, 0.3) is 10.8 Å². The molecule has 0 saturated carbocycles. The van der Waals surface area contributed by atoms with Crippen molar-refractivity contribution in [3.8, 4) is 5.75 Å². The van der Waals surface area contributed by atoms with E-state index in [0.29, 0.717) is 18.7 Å². The van der Waals surface area contributed by atoms with E-state index in [4.69, 9.17) is 0 Å². The van der Waals surface area contributed by atoms with Gasteiger partial charge in [0.05, 0.1) is 24.1 Å². The number of phenolic OH excluding ortho intramolecular Hbond substituents is 1. The van der Waals surface area contributed by atoms with E-state index in [1.54, 1.807) is 23.4 Å². The van der Waals surface area contributed by atoms with Gasteiger partial charge in [0.25, 0.3) is 0 Å². The van der Waals surface area contributed by atoms with E-state index in [9.17, 15) is 14.7 Å². The van der Waals surface area contributed by atoms with Crippen LogP contribution in [0.2, 0.25) is 0 Å². The fraction of sp³-hybridized carbons (Fsp3) is 0.132. The number of carbonyl (C=O) groups excluding carboxylic acids is 2. The van der Waals surface area contributed by atoms with Gasteiger partial charge in [-0.05, 0) is 46.7 Å². The number of amides is 2. The number of nitrogens with zero attached hydrogens (tertiary/aromatic N) is 3. The minimum absolute atomic E-state index is 0.0351. The first kappa shape index (κ1) is 28.1. The summed E-state index contributed by atoms with van der Waals surface area (Å²) >= 11 is 0. The van der Waals surface area contributed by atoms with Gasteiger partial charge in [0.15, 0.2) is 0 Å². The molecule has 1 atom stereocenters. The number of hydrogen-bond donors (Lipinski definition) is 2. The number of phenols is 1. The lowest BCUT2D eigenvalue weighted by molar-refractivity contribution is -0.126. The van der Waals surface area contributed by atoms with Crippen molar-refractivity contribution >= 4 is 28.3 Å². The molecule has 5 aromatic carbocycles. The van der Waals surface area contributed by atoms with Crippen LogP contribution in [0.5, 0.6) is 5.75 Å². The van der Waals surface area contributed by atoms with Gasteiger partial charge in [-0.25, -0.2) is 4.98 Å². The van der Waals surface area contributed by atoms with Crippen molar-refractivity contribution in [2.45, 2.75) is 24.4 Å². The predicted molar refractivity (Wildman–Crippen MR) is 175 cm³/mol. The molecular formula is C38H32N4O3. The molecule has 1 unspecified atom stereocenters. The highest BCUT2D eigenvalue weighted by Gasteiger charge is 2.39. The summed E-state index contributed by atoms with van der Waals surface area (Å²) in [6.45, 7) is 0.473. The molecule has 2 amide bonds. The minimum atomic E-state index is -0.722. The second-order valence-electron chi connectivity index (χ2n) is 11.3. The van der Waals surface area contributed by atoms with E-state index in [-0.39, 0.29) is 24.0 Å². The molecule has 7 nitrogen and oxygen atoms in total. The Morgan fingerprint density at radius 3 is 2.07 bits per heavy atom. The van der Waals surface area contributed by atoms with E-state index in [0.717, 1.165) is 33.2 Å². The number of imidazole rings is 1. The van der Waals surface area contributed by atoms with E-state index in [2.05, 4.69) is 51.3 Å². The van der Waals surface area contributed by atoms with Gasteiger partial charge in [-0.1, -0.05) is 109 Å². The molecule has 2 heterocycles. The van der Waals surface area contributed by atoms with Crippen LogP contribution in [0, 0.1) is 0 Å². The van der Waals surface area contributed by atoms with Crippen LogP contribution in [-0.2, 0) is 21.5 Å². The van der Waals surface area contributed by atoms with Gasteiger partial charge < -0.3 is 19.9 Å². The Hall–Kier alpha value is -5.69. The monoisotopic (exact) mass is 592 g/mol. The molecule has 1 aromatic heterocycles. The lowest BCUT2D eigenvalue weighted by Crippen LogP contribution is -2.42. The number of carbonyl (C=O) groups is 2. The molecule has 1 aliphatic rings. The van der Waals surface area contributed by atoms with Gasteiger partial charge in [0.2, 0.25) is 11.8 Å². The van der Waals surface area contributed by atoms with Crippen molar-refractivity contribution in [2.24, 2.45) is 0 Å². The Morgan fingerprint density at radius 2 is 1.44 bits per heavy atom. The Bertz CT molecular complexity index is 1880. The zero-order valence-electron chi connectivity index (χ0n) is 24.6. The molecule has 7 rings (SSSR count). The molecule has 0 bridgehead atoms. The highest BCUT2D eigenvalue weighted by atomic mass is 16.3. The van der Waals surface area contributed by atoms with Crippen molar-refractivity contribution in [2.75, 3.05) is 11.4 Å². The number of aromatic nitrogens is 2. The van der Waals surface area contributed by atoms with Crippen LogP contribution >= 0.6 is 0 Å². The maximum Gasteiger partial charge on any atom is 0.249 e. The normalized spacial score (nSPS) is 15.0. The summed E-state index contributed by atoms with van der Waals surface area (Å²) in [6.07, 6.45) is 4.24. The second-order valence-corrected chi connectivity index (χ2v) is 11.3. The second kappa shape index (κ2) is 11.8. The molecule has 7 heteroatoms. The smallest absolute Gasteiger partial charge is 0.249 e. The summed E-state index contributed by atoms with van der Waals surface area (Å²) in [4.78, 5) is 33.1. The van der Waals surface area contributed by atoms with Crippen LogP contribution in [-0.4, -0.2) is 39.1 Å². The average Bonchev–Trinajstić information content (AvgIpc) is 3.69. The summed E-state index contributed by atoms with van der Waals surface area (Å²) in [5.74, 6) is -0.289. The van der Waals surface area contributed by atoms with Crippen LogP contribution in [0.3, 0.4) is 0 Å². The van der Waals surface area contributed by atoms with E-state index >= 15 is 0 Å². The number of rotatable bonds is 8. The largest absolute Gasteiger partial charge is 0.508 e. The zero-order chi connectivity index (χ0) is 30.8. The summed E-state index contributed by atoms with van der Waals surface area (Å²) in [5, 5.41) is 14.7. The molecule has 1 saturated heterocycles. The third-order valence-corrected chi connectivity index (χ3v) is 8.61. The maximum absolute atomic E-state index is 13.5. The standard InChI is InChI=1S/C38H32N4O3/c43-32-20-19-27-11-10-18-35(33(27)24-32)42-22-21-34(37(42)45)40-36(44)23-31-25-41(26-39-31)38(28-12-4-1-5-13-28,29-14-6-2-7-15-29)30-16-8-3-9-17-30/h1-20,24-26,34,43H,21-23H2,(H,40,44). The number of aromatic hydroxyl groups is 1. The van der Waals surface area contributed by atoms with Gasteiger partial charge in [-0.3, -0.25) is 9.59 Å². The quantitative estimate of drug-likeness (QED) is 0.211. The number of fused-ring (bicyclic) bond motifs is 1. The Balaban J connectivity index is 1.15.